The molecule has 1 heterocycles. The predicted molar refractivity (Wildman–Crippen MR) is 90.5 cm³/mol. The van der Waals surface area contributed by atoms with Crippen LogP contribution in [0, 0.1) is 10.1 Å². The van der Waals surface area contributed by atoms with E-state index < -0.39 is 10.9 Å². The van der Waals surface area contributed by atoms with Crippen LogP contribution in [0.2, 0.25) is 0 Å². The maximum absolute atomic E-state index is 12.4. The SMILES string of the molecule is O=C(OCC(=O)N1CCCc2ccccc21)c1ccc([N+](=O)[O-])cc1. The Labute approximate surface area is 144 Å². The second-order valence-electron chi connectivity index (χ2n) is 5.66. The quantitative estimate of drug-likeness (QED) is 0.485. The van der Waals surface area contributed by atoms with Crippen molar-refractivity contribution < 1.29 is 19.2 Å². The molecule has 2 aromatic rings. The molecule has 0 unspecified atom stereocenters. The predicted octanol–water partition coefficient (Wildman–Crippen LogP) is 2.73. The number of aryl methyl sites for hydroxylation is 1. The van der Waals surface area contributed by atoms with Crippen molar-refractivity contribution in [3.05, 3.63) is 69.8 Å². The van der Waals surface area contributed by atoms with Crippen molar-refractivity contribution in [1.82, 2.24) is 0 Å². The maximum atomic E-state index is 12.4. The van der Waals surface area contributed by atoms with E-state index >= 15 is 0 Å². The van der Waals surface area contributed by atoms with Crippen LogP contribution >= 0.6 is 0 Å². The number of non-ortho nitro benzene ring substituents is 1. The number of hydrogen-bond donors (Lipinski definition) is 0. The van der Waals surface area contributed by atoms with E-state index in [-0.39, 0.29) is 23.8 Å². The van der Waals surface area contributed by atoms with E-state index in [1.165, 1.54) is 24.3 Å². The fraction of sp³-hybridized carbons (Fsp3) is 0.222. The fourth-order valence-corrected chi connectivity index (χ4v) is 2.80. The molecule has 1 amide bonds. The average Bonchev–Trinajstić information content (AvgIpc) is 2.65. The summed E-state index contributed by atoms with van der Waals surface area (Å²) in [5.41, 5.74) is 2.00. The van der Waals surface area contributed by atoms with Gasteiger partial charge in [-0.2, -0.15) is 0 Å². The number of anilines is 1. The van der Waals surface area contributed by atoms with Gasteiger partial charge in [0.05, 0.1) is 10.5 Å². The van der Waals surface area contributed by atoms with Crippen molar-refractivity contribution in [2.24, 2.45) is 0 Å². The summed E-state index contributed by atoms with van der Waals surface area (Å²) >= 11 is 0. The van der Waals surface area contributed by atoms with Crippen LogP contribution in [0.1, 0.15) is 22.3 Å². The Bertz CT molecular complexity index is 816. The molecule has 128 valence electrons. The first-order chi connectivity index (χ1) is 12.1. The molecule has 0 saturated carbocycles. The highest BCUT2D eigenvalue weighted by Gasteiger charge is 2.23. The van der Waals surface area contributed by atoms with Crippen LogP contribution in [-0.2, 0) is 16.0 Å². The first kappa shape index (κ1) is 16.6. The van der Waals surface area contributed by atoms with E-state index in [4.69, 9.17) is 4.74 Å². The molecular formula is C18H16N2O5. The summed E-state index contributed by atoms with van der Waals surface area (Å²) in [5, 5.41) is 10.6. The molecule has 25 heavy (non-hydrogen) atoms. The molecule has 3 rings (SSSR count). The number of amides is 1. The van der Waals surface area contributed by atoms with Gasteiger partial charge < -0.3 is 9.64 Å². The zero-order chi connectivity index (χ0) is 17.8. The second-order valence-corrected chi connectivity index (χ2v) is 5.66. The molecule has 0 atom stereocenters. The Morgan fingerprint density at radius 1 is 1.12 bits per heavy atom. The average molecular weight is 340 g/mol. The minimum atomic E-state index is -0.687. The number of para-hydroxylation sites is 1. The van der Waals surface area contributed by atoms with E-state index in [1.54, 1.807) is 4.90 Å². The molecule has 1 aliphatic heterocycles. The molecule has 0 saturated heterocycles. The molecule has 2 aromatic carbocycles. The molecule has 0 bridgehead atoms. The van der Waals surface area contributed by atoms with Crippen molar-refractivity contribution >= 4 is 23.3 Å². The van der Waals surface area contributed by atoms with Crippen LogP contribution in [0.4, 0.5) is 11.4 Å². The number of esters is 1. The lowest BCUT2D eigenvalue weighted by Crippen LogP contribution is -2.38. The van der Waals surface area contributed by atoms with E-state index in [9.17, 15) is 19.7 Å². The number of nitrogens with zero attached hydrogens (tertiary/aromatic N) is 2. The number of hydrogen-bond acceptors (Lipinski definition) is 5. The van der Waals surface area contributed by atoms with Gasteiger partial charge in [0.25, 0.3) is 11.6 Å². The maximum Gasteiger partial charge on any atom is 0.338 e. The molecule has 0 aromatic heterocycles. The first-order valence-electron chi connectivity index (χ1n) is 7.86. The van der Waals surface area contributed by atoms with Gasteiger partial charge in [0.1, 0.15) is 0 Å². The monoisotopic (exact) mass is 340 g/mol. The normalized spacial score (nSPS) is 13.0. The third-order valence-electron chi connectivity index (χ3n) is 4.05. The van der Waals surface area contributed by atoms with E-state index in [0.717, 1.165) is 24.1 Å². The van der Waals surface area contributed by atoms with Gasteiger partial charge >= 0.3 is 5.97 Å². The standard InChI is InChI=1S/C18H16N2O5/c21-17(19-11-3-5-13-4-1-2-6-16(13)19)12-25-18(22)14-7-9-15(10-8-14)20(23)24/h1-2,4,6-10H,3,5,11-12H2. The molecule has 1 aliphatic rings. The van der Waals surface area contributed by atoms with Gasteiger partial charge in [-0.25, -0.2) is 4.79 Å². The summed E-state index contributed by atoms with van der Waals surface area (Å²) in [6, 6.07) is 12.7. The van der Waals surface area contributed by atoms with Gasteiger partial charge in [-0.1, -0.05) is 18.2 Å². The van der Waals surface area contributed by atoms with Crippen LogP contribution in [0.25, 0.3) is 0 Å². The minimum absolute atomic E-state index is 0.113. The van der Waals surface area contributed by atoms with Crippen molar-refractivity contribution in [1.29, 1.82) is 0 Å². The van der Waals surface area contributed by atoms with Crippen LogP contribution < -0.4 is 4.90 Å². The highest BCUT2D eigenvalue weighted by Crippen LogP contribution is 2.26. The van der Waals surface area contributed by atoms with Crippen LogP contribution in [0.3, 0.4) is 0 Å². The largest absolute Gasteiger partial charge is 0.452 e. The zero-order valence-corrected chi connectivity index (χ0v) is 13.4. The van der Waals surface area contributed by atoms with Crippen LogP contribution in [-0.4, -0.2) is 30.0 Å². The molecule has 7 nitrogen and oxygen atoms in total. The van der Waals surface area contributed by atoms with Gasteiger partial charge in [0.2, 0.25) is 0 Å². The Morgan fingerprint density at radius 2 is 1.84 bits per heavy atom. The van der Waals surface area contributed by atoms with Gasteiger partial charge in [0, 0.05) is 24.4 Å². The third-order valence-corrected chi connectivity index (χ3v) is 4.05. The second kappa shape index (κ2) is 7.12. The molecule has 0 radical (unpaired) electrons. The summed E-state index contributed by atoms with van der Waals surface area (Å²) in [7, 11) is 0. The number of benzene rings is 2. The van der Waals surface area contributed by atoms with E-state index in [2.05, 4.69) is 0 Å². The van der Waals surface area contributed by atoms with Gasteiger partial charge in [-0.3, -0.25) is 14.9 Å². The number of fused-ring (bicyclic) bond motifs is 1. The van der Waals surface area contributed by atoms with Crippen molar-refractivity contribution in [2.75, 3.05) is 18.1 Å². The number of rotatable bonds is 4. The van der Waals surface area contributed by atoms with Crippen molar-refractivity contribution in [3.63, 3.8) is 0 Å². The molecule has 0 N–H and O–H groups in total. The lowest BCUT2D eigenvalue weighted by Gasteiger charge is -2.29. The lowest BCUT2D eigenvalue weighted by atomic mass is 10.0. The number of ether oxygens (including phenoxy) is 1. The molecule has 0 spiro atoms. The summed E-state index contributed by atoms with van der Waals surface area (Å²) in [5.74, 6) is -0.976. The smallest absolute Gasteiger partial charge is 0.338 e. The molecular weight excluding hydrogens is 324 g/mol. The van der Waals surface area contributed by atoms with Crippen molar-refractivity contribution in [2.45, 2.75) is 12.8 Å². The minimum Gasteiger partial charge on any atom is -0.452 e. The number of carbonyl (C=O) groups is 2. The molecule has 0 aliphatic carbocycles. The zero-order valence-electron chi connectivity index (χ0n) is 13.4. The highest BCUT2D eigenvalue weighted by atomic mass is 16.6. The Kier molecular flexibility index (Phi) is 4.74. The first-order valence-corrected chi connectivity index (χ1v) is 7.86. The summed E-state index contributed by atoms with van der Waals surface area (Å²) in [6.45, 7) is 0.217. The fourth-order valence-electron chi connectivity index (χ4n) is 2.80. The molecule has 0 fully saturated rings. The molecule has 7 heteroatoms. The van der Waals surface area contributed by atoms with E-state index in [0.29, 0.717) is 6.54 Å². The number of carbonyl (C=O) groups excluding carboxylic acids is 2. The van der Waals surface area contributed by atoms with Gasteiger partial charge in [-0.05, 0) is 36.6 Å². The highest BCUT2D eigenvalue weighted by molar-refractivity contribution is 5.98. The summed E-state index contributed by atoms with van der Waals surface area (Å²) < 4.78 is 5.06. The lowest BCUT2D eigenvalue weighted by molar-refractivity contribution is -0.384. The number of nitro groups is 1. The Hall–Kier alpha value is -3.22. The van der Waals surface area contributed by atoms with E-state index in [1.807, 2.05) is 24.3 Å². The number of nitro benzene ring substituents is 1. The van der Waals surface area contributed by atoms with Crippen LogP contribution in [0.5, 0.6) is 0 Å². The Morgan fingerprint density at radius 3 is 2.56 bits per heavy atom. The van der Waals surface area contributed by atoms with Crippen molar-refractivity contribution in [3.8, 4) is 0 Å². The summed E-state index contributed by atoms with van der Waals surface area (Å²) in [4.78, 5) is 36.1. The Balaban J connectivity index is 1.63. The van der Waals surface area contributed by atoms with Gasteiger partial charge in [0.15, 0.2) is 6.61 Å². The summed E-state index contributed by atoms with van der Waals surface area (Å²) in [6.07, 6.45) is 1.78. The van der Waals surface area contributed by atoms with Gasteiger partial charge in [-0.15, -0.1) is 0 Å². The topological polar surface area (TPSA) is 89.8 Å². The van der Waals surface area contributed by atoms with Crippen LogP contribution in [0.15, 0.2) is 48.5 Å². The third kappa shape index (κ3) is 3.65.